The summed E-state index contributed by atoms with van der Waals surface area (Å²) in [6, 6.07) is 0. The fourth-order valence-corrected chi connectivity index (χ4v) is 1.91. The Labute approximate surface area is 88.3 Å². The van der Waals surface area contributed by atoms with E-state index < -0.39 is 5.60 Å². The molecule has 84 valence electrons. The van der Waals surface area contributed by atoms with Gasteiger partial charge in [0.2, 0.25) is 0 Å². The topological polar surface area (TPSA) is 23.5 Å². The Morgan fingerprint density at radius 3 is 2.36 bits per heavy atom. The van der Waals surface area contributed by atoms with Crippen molar-refractivity contribution in [1.82, 2.24) is 4.90 Å². The summed E-state index contributed by atoms with van der Waals surface area (Å²) in [4.78, 5) is 2.28. The zero-order valence-electron chi connectivity index (χ0n) is 10.1. The van der Waals surface area contributed by atoms with Gasteiger partial charge in [-0.1, -0.05) is 20.3 Å². The minimum atomic E-state index is -0.543. The molecule has 1 aliphatic carbocycles. The minimum Gasteiger partial charge on any atom is -0.389 e. The molecule has 0 radical (unpaired) electrons. The van der Waals surface area contributed by atoms with E-state index in [1.807, 2.05) is 6.92 Å². The third-order valence-electron chi connectivity index (χ3n) is 3.63. The quantitative estimate of drug-likeness (QED) is 0.733. The maximum absolute atomic E-state index is 10.1. The second-order valence-corrected chi connectivity index (χ2v) is 5.51. The highest BCUT2D eigenvalue weighted by Gasteiger charge is 2.28. The highest BCUT2D eigenvalue weighted by molar-refractivity contribution is 4.81. The van der Waals surface area contributed by atoms with Gasteiger partial charge in [0.25, 0.3) is 0 Å². The van der Waals surface area contributed by atoms with Crippen molar-refractivity contribution in [3.63, 3.8) is 0 Å². The molecule has 0 heterocycles. The summed E-state index contributed by atoms with van der Waals surface area (Å²) < 4.78 is 0. The lowest BCUT2D eigenvalue weighted by atomic mass is 9.84. The van der Waals surface area contributed by atoms with Crippen molar-refractivity contribution in [2.75, 3.05) is 20.1 Å². The molecule has 0 bridgehead atoms. The number of nitrogens with zero attached hydrogens (tertiary/aromatic N) is 1. The maximum Gasteiger partial charge on any atom is 0.0768 e. The van der Waals surface area contributed by atoms with E-state index in [0.29, 0.717) is 5.92 Å². The summed E-state index contributed by atoms with van der Waals surface area (Å²) in [5.74, 6) is 1.22. The van der Waals surface area contributed by atoms with Gasteiger partial charge >= 0.3 is 0 Å². The lowest BCUT2D eigenvalue weighted by molar-refractivity contribution is -0.0180. The summed E-state index contributed by atoms with van der Waals surface area (Å²) in [6.07, 6.45) is 4.17. The largest absolute Gasteiger partial charge is 0.389 e. The first-order valence-corrected chi connectivity index (χ1v) is 5.82. The van der Waals surface area contributed by atoms with Crippen LogP contribution in [0.4, 0.5) is 0 Å². The van der Waals surface area contributed by atoms with Gasteiger partial charge < -0.3 is 10.0 Å². The predicted octanol–water partition coefficient (Wildman–Crippen LogP) is 2.13. The van der Waals surface area contributed by atoms with Crippen LogP contribution in [-0.4, -0.2) is 35.7 Å². The van der Waals surface area contributed by atoms with Crippen molar-refractivity contribution in [2.45, 2.75) is 45.6 Å². The van der Waals surface area contributed by atoms with E-state index in [2.05, 4.69) is 25.8 Å². The molecule has 0 aromatic rings. The number of hydrogen-bond donors (Lipinski definition) is 1. The van der Waals surface area contributed by atoms with Gasteiger partial charge in [-0.05, 0) is 38.6 Å². The Hall–Kier alpha value is -0.0800. The van der Waals surface area contributed by atoms with E-state index in [4.69, 9.17) is 0 Å². The smallest absolute Gasteiger partial charge is 0.0768 e. The van der Waals surface area contributed by atoms with E-state index >= 15 is 0 Å². The molecule has 0 aromatic carbocycles. The van der Waals surface area contributed by atoms with Crippen LogP contribution in [0.1, 0.15) is 40.0 Å². The predicted molar refractivity (Wildman–Crippen MR) is 60.3 cm³/mol. The van der Waals surface area contributed by atoms with Crippen LogP contribution in [0.3, 0.4) is 0 Å². The number of hydrogen-bond acceptors (Lipinski definition) is 2. The van der Waals surface area contributed by atoms with Gasteiger partial charge in [-0.2, -0.15) is 0 Å². The van der Waals surface area contributed by atoms with Crippen LogP contribution in [0.2, 0.25) is 0 Å². The molecule has 0 amide bonds. The van der Waals surface area contributed by atoms with Crippen LogP contribution in [0.5, 0.6) is 0 Å². The Morgan fingerprint density at radius 1 is 1.43 bits per heavy atom. The van der Waals surface area contributed by atoms with Crippen LogP contribution < -0.4 is 0 Å². The van der Waals surface area contributed by atoms with Crippen molar-refractivity contribution in [3.05, 3.63) is 0 Å². The molecule has 0 saturated heterocycles. The van der Waals surface area contributed by atoms with Gasteiger partial charge in [0.15, 0.2) is 0 Å². The molecule has 1 aliphatic rings. The molecular formula is C12H25NO. The fourth-order valence-electron chi connectivity index (χ4n) is 1.91. The van der Waals surface area contributed by atoms with E-state index in [-0.39, 0.29) is 0 Å². The Balaban J connectivity index is 2.27. The molecule has 1 atom stereocenters. The average molecular weight is 199 g/mol. The standard InChI is InChI=1S/C12H25NO/c1-10(2)12(3,14)9-13(4)8-11-6-5-7-11/h10-11,14H,5-9H2,1-4H3. The van der Waals surface area contributed by atoms with Crippen molar-refractivity contribution in [1.29, 1.82) is 0 Å². The second kappa shape index (κ2) is 4.63. The SMILES string of the molecule is CC(C)C(C)(O)CN(C)CC1CCC1. The molecular weight excluding hydrogens is 174 g/mol. The lowest BCUT2D eigenvalue weighted by Gasteiger charge is -2.36. The van der Waals surface area contributed by atoms with Crippen molar-refractivity contribution < 1.29 is 5.11 Å². The fraction of sp³-hybridized carbons (Fsp3) is 1.00. The van der Waals surface area contributed by atoms with E-state index in [1.165, 1.54) is 19.3 Å². The molecule has 0 aromatic heterocycles. The lowest BCUT2D eigenvalue weighted by Crippen LogP contribution is -2.45. The average Bonchev–Trinajstić information content (AvgIpc) is 1.96. The molecule has 2 nitrogen and oxygen atoms in total. The molecule has 0 spiro atoms. The molecule has 0 aliphatic heterocycles. The van der Waals surface area contributed by atoms with Crippen molar-refractivity contribution in [3.8, 4) is 0 Å². The normalized spacial score (nSPS) is 22.5. The summed E-state index contributed by atoms with van der Waals surface area (Å²) in [5, 5.41) is 10.1. The number of likely N-dealkylation sites (N-methyl/N-ethyl adjacent to an activating group) is 1. The third-order valence-corrected chi connectivity index (χ3v) is 3.63. The van der Waals surface area contributed by atoms with Crippen LogP contribution in [0.15, 0.2) is 0 Å². The van der Waals surface area contributed by atoms with E-state index in [9.17, 15) is 5.11 Å². The number of aliphatic hydroxyl groups is 1. The van der Waals surface area contributed by atoms with Crippen LogP contribution in [-0.2, 0) is 0 Å². The zero-order valence-corrected chi connectivity index (χ0v) is 10.1. The van der Waals surface area contributed by atoms with Gasteiger partial charge in [0, 0.05) is 13.1 Å². The van der Waals surface area contributed by atoms with Crippen LogP contribution in [0.25, 0.3) is 0 Å². The van der Waals surface area contributed by atoms with Crippen molar-refractivity contribution in [2.24, 2.45) is 11.8 Å². The van der Waals surface area contributed by atoms with Gasteiger partial charge in [0.1, 0.15) is 0 Å². The minimum absolute atomic E-state index is 0.325. The van der Waals surface area contributed by atoms with Gasteiger partial charge in [0.05, 0.1) is 5.60 Å². The van der Waals surface area contributed by atoms with Gasteiger partial charge in [-0.25, -0.2) is 0 Å². The summed E-state index contributed by atoms with van der Waals surface area (Å²) >= 11 is 0. The molecule has 2 heteroatoms. The molecule has 1 fully saturated rings. The zero-order chi connectivity index (χ0) is 10.8. The third kappa shape index (κ3) is 3.25. The van der Waals surface area contributed by atoms with Crippen molar-refractivity contribution >= 4 is 0 Å². The molecule has 1 rings (SSSR count). The molecule has 1 saturated carbocycles. The monoisotopic (exact) mass is 199 g/mol. The molecule has 1 N–H and O–H groups in total. The molecule has 1 unspecified atom stereocenters. The summed E-state index contributed by atoms with van der Waals surface area (Å²) in [5.41, 5.74) is -0.543. The van der Waals surface area contributed by atoms with E-state index in [0.717, 1.165) is 19.0 Å². The highest BCUT2D eigenvalue weighted by atomic mass is 16.3. The molecule has 14 heavy (non-hydrogen) atoms. The second-order valence-electron chi connectivity index (χ2n) is 5.51. The van der Waals surface area contributed by atoms with Crippen LogP contribution >= 0.6 is 0 Å². The van der Waals surface area contributed by atoms with E-state index in [1.54, 1.807) is 0 Å². The van der Waals surface area contributed by atoms with Gasteiger partial charge in [-0.3, -0.25) is 0 Å². The Bertz CT molecular complexity index is 173. The Kier molecular flexibility index (Phi) is 3.96. The first-order valence-electron chi connectivity index (χ1n) is 5.82. The summed E-state index contributed by atoms with van der Waals surface area (Å²) in [7, 11) is 2.12. The first kappa shape index (κ1) is 12.0. The summed E-state index contributed by atoms with van der Waals surface area (Å²) in [6.45, 7) is 8.05. The maximum atomic E-state index is 10.1. The van der Waals surface area contributed by atoms with Crippen LogP contribution in [0, 0.1) is 11.8 Å². The number of rotatable bonds is 5. The highest BCUT2D eigenvalue weighted by Crippen LogP contribution is 2.27. The Morgan fingerprint density at radius 2 is 2.00 bits per heavy atom. The van der Waals surface area contributed by atoms with Gasteiger partial charge in [-0.15, -0.1) is 0 Å². The first-order chi connectivity index (χ1) is 6.42.